The van der Waals surface area contributed by atoms with E-state index in [0.717, 1.165) is 5.56 Å². The van der Waals surface area contributed by atoms with Crippen LogP contribution in [0.2, 0.25) is 0 Å². The molecule has 1 aromatic carbocycles. The predicted octanol–water partition coefficient (Wildman–Crippen LogP) is 1.15. The third-order valence-electron chi connectivity index (χ3n) is 1.79. The van der Waals surface area contributed by atoms with Crippen LogP contribution >= 0.6 is 12.2 Å². The molecule has 1 unspecified atom stereocenters. The molecule has 2 N–H and O–H groups in total. The number of carbonyl (C=O) groups is 1. The second-order valence-electron chi connectivity index (χ2n) is 3.08. The monoisotopic (exact) mass is 238 g/mol. The van der Waals surface area contributed by atoms with Crippen molar-refractivity contribution in [3.8, 4) is 0 Å². The molecule has 0 spiro atoms. The molecule has 0 aliphatic rings. The zero-order chi connectivity index (χ0) is 11.8. The maximum absolute atomic E-state index is 11.1. The minimum atomic E-state index is -0.945. The Labute approximate surface area is 99.2 Å². The lowest BCUT2D eigenvalue weighted by Gasteiger charge is -2.07. The van der Waals surface area contributed by atoms with E-state index in [1.165, 1.54) is 0 Å². The number of aliphatic hydroxyl groups is 1. The fourth-order valence-electron chi connectivity index (χ4n) is 0.996. The Morgan fingerprint density at radius 1 is 1.50 bits per heavy atom. The highest BCUT2D eigenvalue weighted by atomic mass is 32.1. The Morgan fingerprint density at radius 2 is 2.19 bits per heavy atom. The van der Waals surface area contributed by atoms with Gasteiger partial charge in [0.25, 0.3) is 0 Å². The first-order valence-electron chi connectivity index (χ1n) is 4.72. The van der Waals surface area contributed by atoms with E-state index >= 15 is 0 Å². The summed E-state index contributed by atoms with van der Waals surface area (Å²) in [6.45, 7) is 0.210. The van der Waals surface area contributed by atoms with Crippen LogP contribution in [0, 0.1) is 0 Å². The lowest BCUT2D eigenvalue weighted by Crippen LogP contribution is -2.32. The molecule has 0 aliphatic heterocycles. The van der Waals surface area contributed by atoms with Crippen molar-refractivity contribution in [1.29, 1.82) is 0 Å². The Hall–Kier alpha value is -1.46. The number of rotatable bonds is 5. The van der Waals surface area contributed by atoms with Crippen LogP contribution in [0.1, 0.15) is 5.56 Å². The molecule has 1 atom stereocenters. The third kappa shape index (κ3) is 4.86. The molecule has 0 saturated heterocycles. The van der Waals surface area contributed by atoms with Gasteiger partial charge in [0.1, 0.15) is 12.7 Å². The fraction of sp³-hybridized carbons (Fsp3) is 0.273. The zero-order valence-electron chi connectivity index (χ0n) is 8.55. The molecule has 5 heteroatoms. The van der Waals surface area contributed by atoms with Crippen molar-refractivity contribution in [3.63, 3.8) is 0 Å². The van der Waals surface area contributed by atoms with Crippen LogP contribution in [0.5, 0.6) is 0 Å². The van der Waals surface area contributed by atoms with E-state index in [-0.39, 0.29) is 13.2 Å². The first kappa shape index (κ1) is 12.6. The summed E-state index contributed by atoms with van der Waals surface area (Å²) in [6.07, 6.45) is -1.53. The molecule has 0 saturated carbocycles. The van der Waals surface area contributed by atoms with Crippen molar-refractivity contribution in [2.24, 2.45) is 0 Å². The Balaban J connectivity index is 2.23. The summed E-state index contributed by atoms with van der Waals surface area (Å²) in [5, 5.41) is 13.5. The van der Waals surface area contributed by atoms with Crippen LogP contribution in [0.15, 0.2) is 30.3 Å². The average Bonchev–Trinajstić information content (AvgIpc) is 2.34. The van der Waals surface area contributed by atoms with Gasteiger partial charge in [-0.2, -0.15) is 0 Å². The number of ether oxygens (including phenoxy) is 1. The molecule has 85 valence electrons. The van der Waals surface area contributed by atoms with Crippen molar-refractivity contribution < 1.29 is 14.6 Å². The maximum atomic E-state index is 11.1. The van der Waals surface area contributed by atoms with Crippen molar-refractivity contribution in [3.05, 3.63) is 35.9 Å². The molecule has 1 aromatic rings. The van der Waals surface area contributed by atoms with Gasteiger partial charge in [0.15, 0.2) is 0 Å². The van der Waals surface area contributed by atoms with Crippen LogP contribution in [0.4, 0.5) is 4.79 Å². The van der Waals surface area contributed by atoms with Crippen molar-refractivity contribution >= 4 is 23.7 Å². The maximum Gasteiger partial charge on any atom is 0.407 e. The number of alkyl carbamates (subject to hydrolysis) is 1. The van der Waals surface area contributed by atoms with E-state index in [2.05, 4.69) is 22.9 Å². The lowest BCUT2D eigenvalue weighted by molar-refractivity contribution is 0.134. The van der Waals surface area contributed by atoms with Gasteiger partial charge in [0.05, 0.1) is 11.9 Å². The Kier molecular flexibility index (Phi) is 5.45. The number of hydrogen-bond donors (Lipinski definition) is 2. The Bertz CT molecular complexity index is 342. The molecule has 0 fully saturated rings. The lowest BCUT2D eigenvalue weighted by atomic mass is 10.2. The summed E-state index contributed by atoms with van der Waals surface area (Å²) in [4.78, 5) is 11.1. The molecule has 0 aromatic heterocycles. The van der Waals surface area contributed by atoms with Crippen LogP contribution in [-0.2, 0) is 11.3 Å². The number of amides is 1. The second-order valence-corrected chi connectivity index (χ2v) is 3.31. The SMILES string of the molecule is O=C(NCC(O)[C]=S)OCc1ccccc1. The summed E-state index contributed by atoms with van der Waals surface area (Å²) in [5.41, 5.74) is 0.902. The molecule has 0 heterocycles. The largest absolute Gasteiger partial charge is 0.445 e. The van der Waals surface area contributed by atoms with Crippen molar-refractivity contribution in [2.45, 2.75) is 12.7 Å². The van der Waals surface area contributed by atoms with Gasteiger partial charge in [-0.05, 0) is 5.56 Å². The minimum Gasteiger partial charge on any atom is -0.445 e. The van der Waals surface area contributed by atoms with E-state index in [1.54, 1.807) is 0 Å². The minimum absolute atomic E-state index is 0.0110. The molecule has 0 aliphatic carbocycles. The zero-order valence-corrected chi connectivity index (χ0v) is 9.37. The number of carbonyl (C=O) groups excluding carboxylic acids is 1. The quantitative estimate of drug-likeness (QED) is 0.755. The van der Waals surface area contributed by atoms with Gasteiger partial charge in [-0.3, -0.25) is 0 Å². The first-order chi connectivity index (χ1) is 7.72. The molecule has 1 radical (unpaired) electrons. The van der Waals surface area contributed by atoms with Gasteiger partial charge in [-0.1, -0.05) is 42.5 Å². The molecule has 1 amide bonds. The van der Waals surface area contributed by atoms with E-state index in [0.29, 0.717) is 0 Å². The highest BCUT2D eigenvalue weighted by molar-refractivity contribution is 7.79. The summed E-state index contributed by atoms with van der Waals surface area (Å²) >= 11 is 4.38. The van der Waals surface area contributed by atoms with Crippen molar-refractivity contribution in [2.75, 3.05) is 6.54 Å². The van der Waals surface area contributed by atoms with Gasteiger partial charge in [-0.15, -0.1) is 0 Å². The summed E-state index contributed by atoms with van der Waals surface area (Å²) < 4.78 is 4.90. The standard InChI is InChI=1S/C11H12NO3S/c13-10(8-16)6-12-11(14)15-7-9-4-2-1-3-5-9/h1-5,10,13H,6-7H2,(H,12,14). The van der Waals surface area contributed by atoms with Crippen molar-refractivity contribution in [1.82, 2.24) is 5.32 Å². The first-order valence-corrected chi connectivity index (χ1v) is 5.13. The van der Waals surface area contributed by atoms with Crippen LogP contribution < -0.4 is 5.32 Å². The molecule has 1 rings (SSSR count). The smallest absolute Gasteiger partial charge is 0.407 e. The van der Waals surface area contributed by atoms with Gasteiger partial charge in [-0.25, -0.2) is 4.79 Å². The highest BCUT2D eigenvalue weighted by Crippen LogP contribution is 2.00. The van der Waals surface area contributed by atoms with Gasteiger partial charge < -0.3 is 15.2 Å². The van der Waals surface area contributed by atoms with Crippen LogP contribution in [0.25, 0.3) is 0 Å². The molecular formula is C11H12NO3S. The number of nitrogens with one attached hydrogen (secondary N) is 1. The average molecular weight is 238 g/mol. The van der Waals surface area contributed by atoms with Crippen LogP contribution in [0.3, 0.4) is 0 Å². The topological polar surface area (TPSA) is 58.6 Å². The number of thiocarbonyl (C=S) groups is 1. The molecular weight excluding hydrogens is 226 g/mol. The Morgan fingerprint density at radius 3 is 2.81 bits per heavy atom. The van der Waals surface area contributed by atoms with E-state index < -0.39 is 12.2 Å². The molecule has 0 bridgehead atoms. The van der Waals surface area contributed by atoms with E-state index in [1.807, 2.05) is 30.3 Å². The summed E-state index contributed by atoms with van der Waals surface area (Å²) in [5.74, 6) is 0. The van der Waals surface area contributed by atoms with Gasteiger partial charge >= 0.3 is 6.09 Å². The third-order valence-corrected chi connectivity index (χ3v) is 2.06. The predicted molar refractivity (Wildman–Crippen MR) is 63.2 cm³/mol. The van der Waals surface area contributed by atoms with E-state index in [4.69, 9.17) is 9.84 Å². The summed E-state index contributed by atoms with van der Waals surface area (Å²) in [7, 11) is 0. The second kappa shape index (κ2) is 6.92. The number of aliphatic hydroxyl groups excluding tert-OH is 1. The van der Waals surface area contributed by atoms with E-state index in [9.17, 15) is 4.79 Å². The molecule has 16 heavy (non-hydrogen) atoms. The van der Waals surface area contributed by atoms with Gasteiger partial charge in [0, 0.05) is 0 Å². The van der Waals surface area contributed by atoms with Gasteiger partial charge in [0.2, 0.25) is 0 Å². The normalized spacial score (nSPS) is 11.6. The fourth-order valence-corrected chi connectivity index (χ4v) is 1.08. The number of hydrogen-bond acceptors (Lipinski definition) is 4. The number of benzene rings is 1. The van der Waals surface area contributed by atoms with Crippen LogP contribution in [-0.4, -0.2) is 29.2 Å². The molecule has 4 nitrogen and oxygen atoms in total. The summed E-state index contributed by atoms with van der Waals surface area (Å²) in [6, 6.07) is 9.32. The highest BCUT2D eigenvalue weighted by Gasteiger charge is 2.05.